The fourth-order valence-electron chi connectivity index (χ4n) is 2.07. The standard InChI is InChI=1S/C18H21Cl2NO/c1-14-5-8-16(9-6-14)22-12-4-2-3-11-21-15-7-10-17(19)18(20)13-15/h5-10,13,21H,2-4,11-12H2,1H3. The van der Waals surface area contributed by atoms with Crippen molar-refractivity contribution in [2.45, 2.75) is 26.2 Å². The van der Waals surface area contributed by atoms with E-state index in [1.54, 1.807) is 0 Å². The van der Waals surface area contributed by atoms with Crippen LogP contribution >= 0.6 is 23.2 Å². The maximum atomic E-state index is 5.97. The van der Waals surface area contributed by atoms with E-state index in [-0.39, 0.29) is 0 Å². The summed E-state index contributed by atoms with van der Waals surface area (Å²) in [6.45, 7) is 3.75. The van der Waals surface area contributed by atoms with Gasteiger partial charge in [-0.2, -0.15) is 0 Å². The van der Waals surface area contributed by atoms with Crippen molar-refractivity contribution in [1.29, 1.82) is 0 Å². The molecule has 0 heterocycles. The van der Waals surface area contributed by atoms with Crippen LogP contribution in [0.1, 0.15) is 24.8 Å². The number of anilines is 1. The largest absolute Gasteiger partial charge is 0.494 e. The van der Waals surface area contributed by atoms with Crippen LogP contribution in [-0.4, -0.2) is 13.2 Å². The second kappa shape index (κ2) is 8.92. The zero-order valence-corrected chi connectivity index (χ0v) is 14.3. The summed E-state index contributed by atoms with van der Waals surface area (Å²) >= 11 is 11.9. The second-order valence-corrected chi connectivity index (χ2v) is 6.09. The van der Waals surface area contributed by atoms with E-state index in [0.29, 0.717) is 10.0 Å². The van der Waals surface area contributed by atoms with Crippen molar-refractivity contribution in [3.63, 3.8) is 0 Å². The summed E-state index contributed by atoms with van der Waals surface area (Å²) in [7, 11) is 0. The molecule has 0 radical (unpaired) electrons. The van der Waals surface area contributed by atoms with E-state index in [1.165, 1.54) is 5.56 Å². The number of nitrogens with one attached hydrogen (secondary N) is 1. The monoisotopic (exact) mass is 337 g/mol. The van der Waals surface area contributed by atoms with Gasteiger partial charge in [-0.3, -0.25) is 0 Å². The SMILES string of the molecule is Cc1ccc(OCCCCCNc2ccc(Cl)c(Cl)c2)cc1. The lowest BCUT2D eigenvalue weighted by molar-refractivity contribution is 0.306. The third kappa shape index (κ3) is 5.78. The molecule has 0 unspecified atom stereocenters. The van der Waals surface area contributed by atoms with Gasteiger partial charge in [0.1, 0.15) is 5.75 Å². The molecule has 0 saturated heterocycles. The van der Waals surface area contributed by atoms with E-state index in [0.717, 1.165) is 43.9 Å². The molecule has 0 aromatic heterocycles. The Balaban J connectivity index is 1.55. The quantitative estimate of drug-likeness (QED) is 0.599. The summed E-state index contributed by atoms with van der Waals surface area (Å²) in [6, 6.07) is 13.8. The summed E-state index contributed by atoms with van der Waals surface area (Å²) < 4.78 is 5.70. The molecule has 0 amide bonds. The summed E-state index contributed by atoms with van der Waals surface area (Å²) in [5, 5.41) is 4.51. The zero-order valence-electron chi connectivity index (χ0n) is 12.7. The van der Waals surface area contributed by atoms with Crippen molar-refractivity contribution < 1.29 is 4.74 Å². The number of hydrogen-bond acceptors (Lipinski definition) is 2. The lowest BCUT2D eigenvalue weighted by Crippen LogP contribution is -2.03. The Morgan fingerprint density at radius 1 is 0.909 bits per heavy atom. The Morgan fingerprint density at radius 2 is 1.68 bits per heavy atom. The normalized spacial score (nSPS) is 10.5. The number of unbranched alkanes of at least 4 members (excludes halogenated alkanes) is 2. The highest BCUT2D eigenvalue weighted by atomic mass is 35.5. The van der Waals surface area contributed by atoms with Gasteiger partial charge in [0.15, 0.2) is 0 Å². The first kappa shape index (κ1) is 17.0. The van der Waals surface area contributed by atoms with Crippen molar-refractivity contribution in [2.75, 3.05) is 18.5 Å². The number of benzene rings is 2. The fraction of sp³-hybridized carbons (Fsp3) is 0.333. The van der Waals surface area contributed by atoms with Crippen molar-refractivity contribution in [3.05, 3.63) is 58.1 Å². The number of aryl methyl sites for hydroxylation is 1. The van der Waals surface area contributed by atoms with Gasteiger partial charge < -0.3 is 10.1 Å². The predicted octanol–water partition coefficient (Wildman–Crippen LogP) is 5.96. The van der Waals surface area contributed by atoms with Crippen LogP contribution in [0.15, 0.2) is 42.5 Å². The van der Waals surface area contributed by atoms with Gasteiger partial charge in [-0.15, -0.1) is 0 Å². The lowest BCUT2D eigenvalue weighted by atomic mass is 10.2. The van der Waals surface area contributed by atoms with E-state index >= 15 is 0 Å². The van der Waals surface area contributed by atoms with Crippen molar-refractivity contribution in [2.24, 2.45) is 0 Å². The van der Waals surface area contributed by atoms with Crippen LogP contribution in [-0.2, 0) is 0 Å². The van der Waals surface area contributed by atoms with Gasteiger partial charge in [0.2, 0.25) is 0 Å². The van der Waals surface area contributed by atoms with Crippen LogP contribution in [0.3, 0.4) is 0 Å². The molecule has 2 nitrogen and oxygen atoms in total. The minimum Gasteiger partial charge on any atom is -0.494 e. The summed E-state index contributed by atoms with van der Waals surface area (Å²) in [4.78, 5) is 0. The van der Waals surface area contributed by atoms with Gasteiger partial charge in [-0.25, -0.2) is 0 Å². The highest BCUT2D eigenvalue weighted by molar-refractivity contribution is 6.42. The molecule has 0 spiro atoms. The summed E-state index contributed by atoms with van der Waals surface area (Å²) in [6.07, 6.45) is 3.27. The number of hydrogen-bond donors (Lipinski definition) is 1. The van der Waals surface area contributed by atoms with Crippen molar-refractivity contribution in [1.82, 2.24) is 0 Å². The minimum atomic E-state index is 0.582. The molecule has 2 rings (SSSR count). The van der Waals surface area contributed by atoms with Crippen molar-refractivity contribution >= 4 is 28.9 Å². The first-order valence-corrected chi connectivity index (χ1v) is 8.29. The van der Waals surface area contributed by atoms with E-state index in [1.807, 2.05) is 30.3 Å². The molecule has 0 bridgehead atoms. The Bertz CT molecular complexity index is 584. The maximum absolute atomic E-state index is 5.97. The molecule has 0 aliphatic carbocycles. The van der Waals surface area contributed by atoms with E-state index < -0.39 is 0 Å². The fourth-order valence-corrected chi connectivity index (χ4v) is 2.37. The third-order valence-corrected chi connectivity index (χ3v) is 4.10. The average molecular weight is 338 g/mol. The van der Waals surface area contributed by atoms with Crippen LogP contribution in [0.25, 0.3) is 0 Å². The Labute approximate surface area is 142 Å². The highest BCUT2D eigenvalue weighted by Crippen LogP contribution is 2.24. The first-order valence-electron chi connectivity index (χ1n) is 7.53. The molecular weight excluding hydrogens is 317 g/mol. The number of ether oxygens (including phenoxy) is 1. The van der Waals surface area contributed by atoms with Crippen LogP contribution < -0.4 is 10.1 Å². The topological polar surface area (TPSA) is 21.3 Å². The molecular formula is C18H21Cl2NO. The average Bonchev–Trinajstić information content (AvgIpc) is 2.51. The van der Waals surface area contributed by atoms with E-state index in [2.05, 4.69) is 24.4 Å². The van der Waals surface area contributed by atoms with Gasteiger partial charge >= 0.3 is 0 Å². The van der Waals surface area contributed by atoms with Crippen molar-refractivity contribution in [3.8, 4) is 5.75 Å². The molecule has 2 aromatic carbocycles. The predicted molar refractivity (Wildman–Crippen MR) is 95.5 cm³/mol. The highest BCUT2D eigenvalue weighted by Gasteiger charge is 1.99. The minimum absolute atomic E-state index is 0.582. The summed E-state index contributed by atoms with van der Waals surface area (Å²) in [5.41, 5.74) is 2.26. The Kier molecular flexibility index (Phi) is 6.88. The molecule has 0 aliphatic heterocycles. The molecule has 0 atom stereocenters. The molecule has 1 N–H and O–H groups in total. The molecule has 118 valence electrons. The lowest BCUT2D eigenvalue weighted by Gasteiger charge is -2.08. The van der Waals surface area contributed by atoms with E-state index in [9.17, 15) is 0 Å². The first-order chi connectivity index (χ1) is 10.6. The molecule has 0 aliphatic rings. The van der Waals surface area contributed by atoms with Crippen LogP contribution in [0.2, 0.25) is 10.0 Å². The smallest absolute Gasteiger partial charge is 0.119 e. The van der Waals surface area contributed by atoms with E-state index in [4.69, 9.17) is 27.9 Å². The van der Waals surface area contributed by atoms with Crippen LogP contribution in [0, 0.1) is 6.92 Å². The van der Waals surface area contributed by atoms with Gasteiger partial charge in [-0.1, -0.05) is 40.9 Å². The number of rotatable bonds is 8. The van der Waals surface area contributed by atoms with Crippen LogP contribution in [0.4, 0.5) is 5.69 Å². The van der Waals surface area contributed by atoms with Crippen LogP contribution in [0.5, 0.6) is 5.75 Å². The molecule has 4 heteroatoms. The molecule has 0 saturated carbocycles. The Morgan fingerprint density at radius 3 is 2.41 bits per heavy atom. The third-order valence-electron chi connectivity index (χ3n) is 3.36. The molecule has 22 heavy (non-hydrogen) atoms. The van der Waals surface area contributed by atoms with Gasteiger partial charge in [-0.05, 0) is 56.5 Å². The number of halogens is 2. The van der Waals surface area contributed by atoms with Gasteiger partial charge in [0.05, 0.1) is 16.7 Å². The maximum Gasteiger partial charge on any atom is 0.119 e. The van der Waals surface area contributed by atoms with Gasteiger partial charge in [0.25, 0.3) is 0 Å². The van der Waals surface area contributed by atoms with Gasteiger partial charge in [0, 0.05) is 12.2 Å². The molecule has 0 fully saturated rings. The second-order valence-electron chi connectivity index (χ2n) is 5.28. The molecule has 2 aromatic rings. The Hall–Kier alpha value is -1.38. The summed E-state index contributed by atoms with van der Waals surface area (Å²) in [5.74, 6) is 0.944. The zero-order chi connectivity index (χ0) is 15.8.